The number of rotatable bonds is 2. The summed E-state index contributed by atoms with van der Waals surface area (Å²) in [6.45, 7) is 6.88. The van der Waals surface area contributed by atoms with Gasteiger partial charge in [0.15, 0.2) is 0 Å². The fourth-order valence-corrected chi connectivity index (χ4v) is 2.88. The van der Waals surface area contributed by atoms with Crippen molar-refractivity contribution in [2.24, 2.45) is 5.41 Å². The van der Waals surface area contributed by atoms with Gasteiger partial charge in [-0.25, -0.2) is 0 Å². The SMILES string of the molecule is CC(C)(C)Cc1cc2c(-c3ccccc3)cccc2[cH-]1.[Cl-].[Cl-].[Zr+3]. The van der Waals surface area contributed by atoms with Crippen molar-refractivity contribution >= 4 is 10.8 Å². The third-order valence-corrected chi connectivity index (χ3v) is 3.63. The zero-order chi connectivity index (χ0) is 14.2. The molecule has 0 amide bonds. The van der Waals surface area contributed by atoms with E-state index in [4.69, 9.17) is 0 Å². The van der Waals surface area contributed by atoms with Gasteiger partial charge in [-0.3, -0.25) is 0 Å². The first-order chi connectivity index (χ1) is 9.53. The summed E-state index contributed by atoms with van der Waals surface area (Å²) >= 11 is 0. The van der Waals surface area contributed by atoms with Gasteiger partial charge in [-0.1, -0.05) is 62.7 Å². The number of benzene rings is 2. The zero-order valence-electron chi connectivity index (χ0n) is 13.7. The first-order valence-electron chi connectivity index (χ1n) is 7.27. The fraction of sp³-hybridized carbons (Fsp3) is 0.250. The van der Waals surface area contributed by atoms with Gasteiger partial charge in [0.25, 0.3) is 0 Å². The van der Waals surface area contributed by atoms with E-state index in [1.54, 1.807) is 0 Å². The predicted molar refractivity (Wildman–Crippen MR) is 88.1 cm³/mol. The Morgan fingerprint density at radius 1 is 0.870 bits per heavy atom. The third-order valence-electron chi connectivity index (χ3n) is 3.63. The summed E-state index contributed by atoms with van der Waals surface area (Å²) in [5.74, 6) is 0. The van der Waals surface area contributed by atoms with E-state index in [1.807, 2.05) is 0 Å². The van der Waals surface area contributed by atoms with Crippen molar-refractivity contribution in [2.75, 3.05) is 0 Å². The van der Waals surface area contributed by atoms with Crippen LogP contribution in [0, 0.1) is 5.41 Å². The zero-order valence-corrected chi connectivity index (χ0v) is 17.7. The van der Waals surface area contributed by atoms with Gasteiger partial charge >= 0.3 is 26.2 Å². The van der Waals surface area contributed by atoms with Gasteiger partial charge in [0.2, 0.25) is 0 Å². The fourth-order valence-electron chi connectivity index (χ4n) is 2.88. The molecule has 0 atom stereocenters. The standard InChI is InChI=1S/C20H21.2ClH.Zr/c1-20(2,3)14-15-12-17-10-7-11-18(19(17)13-15)16-8-5-4-6-9-16;;;/h4-13H,14H2,1-3H3;2*1H;/q-1;;;+3/p-2. The van der Waals surface area contributed by atoms with E-state index in [9.17, 15) is 0 Å². The van der Waals surface area contributed by atoms with Crippen LogP contribution in [0.25, 0.3) is 21.9 Å². The Balaban J connectivity index is 0.00000161. The summed E-state index contributed by atoms with van der Waals surface area (Å²) in [7, 11) is 0. The Hall–Kier alpha value is -0.487. The molecule has 3 heteroatoms. The molecule has 3 rings (SSSR count). The molecule has 0 aliphatic rings. The van der Waals surface area contributed by atoms with Crippen molar-refractivity contribution in [1.29, 1.82) is 0 Å². The second-order valence-corrected chi connectivity index (χ2v) is 6.78. The van der Waals surface area contributed by atoms with E-state index >= 15 is 0 Å². The maximum atomic E-state index is 2.36. The molecule has 0 heterocycles. The van der Waals surface area contributed by atoms with E-state index in [0.29, 0.717) is 5.41 Å². The quantitative estimate of drug-likeness (QED) is 0.502. The van der Waals surface area contributed by atoms with Crippen LogP contribution in [0.2, 0.25) is 0 Å². The van der Waals surface area contributed by atoms with Crippen molar-refractivity contribution < 1.29 is 51.0 Å². The molecule has 23 heavy (non-hydrogen) atoms. The second-order valence-electron chi connectivity index (χ2n) is 6.78. The molecule has 0 fully saturated rings. The second kappa shape index (κ2) is 9.12. The van der Waals surface area contributed by atoms with Gasteiger partial charge in [0.1, 0.15) is 0 Å². The maximum Gasteiger partial charge on any atom is 3.00 e. The van der Waals surface area contributed by atoms with Crippen molar-refractivity contribution in [3.05, 3.63) is 66.2 Å². The van der Waals surface area contributed by atoms with Crippen molar-refractivity contribution in [2.45, 2.75) is 27.2 Å². The Kier molecular flexibility index (Phi) is 8.92. The molecule has 0 aliphatic heterocycles. The van der Waals surface area contributed by atoms with Crippen LogP contribution < -0.4 is 24.8 Å². The van der Waals surface area contributed by atoms with Crippen molar-refractivity contribution in [3.63, 3.8) is 0 Å². The maximum absolute atomic E-state index is 2.36. The summed E-state index contributed by atoms with van der Waals surface area (Å²) in [6.07, 6.45) is 1.12. The van der Waals surface area contributed by atoms with Crippen molar-refractivity contribution in [3.8, 4) is 11.1 Å². The molecule has 0 aromatic heterocycles. The summed E-state index contributed by atoms with van der Waals surface area (Å²) in [5.41, 5.74) is 4.40. The minimum Gasteiger partial charge on any atom is -1.00 e. The van der Waals surface area contributed by atoms with E-state index < -0.39 is 0 Å². The first-order valence-corrected chi connectivity index (χ1v) is 7.27. The van der Waals surface area contributed by atoms with Crippen LogP contribution in [0.1, 0.15) is 26.3 Å². The average molecular weight is 424 g/mol. The Labute approximate surface area is 171 Å². The molecule has 3 aromatic rings. The molecule has 1 radical (unpaired) electrons. The smallest absolute Gasteiger partial charge is 1.00 e. The van der Waals surface area contributed by atoms with Crippen LogP contribution in [0.3, 0.4) is 0 Å². The predicted octanol–water partition coefficient (Wildman–Crippen LogP) is -0.180. The van der Waals surface area contributed by atoms with Gasteiger partial charge < -0.3 is 24.8 Å². The molecule has 119 valence electrons. The minimum absolute atomic E-state index is 0. The average Bonchev–Trinajstić information content (AvgIpc) is 2.79. The molecule has 0 nitrogen and oxygen atoms in total. The minimum atomic E-state index is 0. The van der Waals surface area contributed by atoms with Gasteiger partial charge in [-0.15, -0.1) is 34.5 Å². The summed E-state index contributed by atoms with van der Waals surface area (Å²) in [5, 5.41) is 2.73. The molecule has 0 spiro atoms. The van der Waals surface area contributed by atoms with E-state index in [0.717, 1.165) is 6.42 Å². The van der Waals surface area contributed by atoms with E-state index in [-0.39, 0.29) is 51.0 Å². The van der Waals surface area contributed by atoms with Crippen LogP contribution in [0.4, 0.5) is 0 Å². The van der Waals surface area contributed by atoms with Crippen LogP contribution in [0.15, 0.2) is 60.7 Å². The first kappa shape index (κ1) is 22.5. The summed E-state index contributed by atoms with van der Waals surface area (Å²) in [6, 6.07) is 21.9. The van der Waals surface area contributed by atoms with Gasteiger partial charge in [-0.05, 0) is 17.4 Å². The molecule has 0 saturated carbocycles. The van der Waals surface area contributed by atoms with Crippen LogP contribution in [-0.4, -0.2) is 0 Å². The largest absolute Gasteiger partial charge is 3.00 e. The number of hydrogen-bond donors (Lipinski definition) is 0. The summed E-state index contributed by atoms with van der Waals surface area (Å²) < 4.78 is 0. The van der Waals surface area contributed by atoms with Gasteiger partial charge in [-0.2, -0.15) is 6.07 Å². The van der Waals surface area contributed by atoms with Crippen molar-refractivity contribution in [1.82, 2.24) is 0 Å². The van der Waals surface area contributed by atoms with Crippen LogP contribution >= 0.6 is 0 Å². The number of fused-ring (bicyclic) bond motifs is 1. The van der Waals surface area contributed by atoms with Gasteiger partial charge in [0, 0.05) is 0 Å². The summed E-state index contributed by atoms with van der Waals surface area (Å²) in [4.78, 5) is 0. The molecule has 0 bridgehead atoms. The molecule has 0 N–H and O–H groups in total. The number of halogens is 2. The topological polar surface area (TPSA) is 0 Å². The molecule has 0 aliphatic carbocycles. The molecule has 3 aromatic carbocycles. The van der Waals surface area contributed by atoms with Gasteiger partial charge in [0.05, 0.1) is 0 Å². The third kappa shape index (κ3) is 5.52. The monoisotopic (exact) mass is 421 g/mol. The molecule has 0 unspecified atom stereocenters. The van der Waals surface area contributed by atoms with E-state index in [1.165, 1.54) is 27.5 Å². The molecule has 0 saturated heterocycles. The molecular weight excluding hydrogens is 402 g/mol. The Morgan fingerprint density at radius 3 is 2.13 bits per heavy atom. The van der Waals surface area contributed by atoms with Crippen LogP contribution in [0.5, 0.6) is 0 Å². The Morgan fingerprint density at radius 2 is 1.52 bits per heavy atom. The van der Waals surface area contributed by atoms with E-state index in [2.05, 4.69) is 81.4 Å². The van der Waals surface area contributed by atoms with Crippen LogP contribution in [-0.2, 0) is 32.6 Å². The number of hydrogen-bond acceptors (Lipinski definition) is 0. The Bertz CT molecular complexity index is 724. The molecular formula is C20H21Cl2Zr. The normalized spacial score (nSPS) is 10.4.